The molecule has 1 saturated carbocycles. The predicted octanol–water partition coefficient (Wildman–Crippen LogP) is 4.66. The van der Waals surface area contributed by atoms with Gasteiger partial charge in [-0.25, -0.2) is 8.42 Å². The summed E-state index contributed by atoms with van der Waals surface area (Å²) in [6.07, 6.45) is 4.91. The van der Waals surface area contributed by atoms with Gasteiger partial charge in [-0.1, -0.05) is 49.6 Å². The third-order valence-electron chi connectivity index (χ3n) is 7.59. The number of anilines is 1. The van der Waals surface area contributed by atoms with Crippen molar-refractivity contribution in [3.63, 3.8) is 0 Å². The van der Waals surface area contributed by atoms with Crippen LogP contribution in [0.5, 0.6) is 5.75 Å². The number of nitrogens with zero attached hydrogens (tertiary/aromatic N) is 3. The van der Waals surface area contributed by atoms with Gasteiger partial charge in [0, 0.05) is 24.7 Å². The first-order chi connectivity index (χ1) is 20.6. The molecule has 0 radical (unpaired) electrons. The molecule has 0 spiro atoms. The quantitative estimate of drug-likeness (QED) is 0.233. The van der Waals surface area contributed by atoms with E-state index in [0.717, 1.165) is 42.0 Å². The van der Waals surface area contributed by atoms with Crippen LogP contribution in [-0.4, -0.2) is 55.8 Å². The molecule has 1 atom stereocenters. The summed E-state index contributed by atoms with van der Waals surface area (Å²) in [4.78, 5) is 39.4. The van der Waals surface area contributed by atoms with Crippen molar-refractivity contribution in [2.45, 2.75) is 62.6 Å². The number of nitro groups is 1. The Labute approximate surface area is 251 Å². The highest BCUT2D eigenvalue weighted by Crippen LogP contribution is 2.27. The van der Waals surface area contributed by atoms with Crippen molar-refractivity contribution in [2.75, 3.05) is 18.0 Å². The van der Waals surface area contributed by atoms with E-state index in [2.05, 4.69) is 5.32 Å². The molecule has 0 aromatic heterocycles. The first-order valence-corrected chi connectivity index (χ1v) is 15.6. The number of rotatable bonds is 12. The molecule has 0 saturated heterocycles. The third kappa shape index (κ3) is 7.89. The Hall–Kier alpha value is -4.45. The zero-order valence-corrected chi connectivity index (χ0v) is 25.0. The molecule has 0 unspecified atom stereocenters. The second-order valence-electron chi connectivity index (χ2n) is 10.5. The van der Waals surface area contributed by atoms with Gasteiger partial charge in [0.15, 0.2) is 0 Å². The molecule has 228 valence electrons. The minimum absolute atomic E-state index is 0.0247. The van der Waals surface area contributed by atoms with Gasteiger partial charge < -0.3 is 15.0 Å². The van der Waals surface area contributed by atoms with Crippen LogP contribution in [-0.2, 0) is 26.2 Å². The van der Waals surface area contributed by atoms with Crippen LogP contribution < -0.4 is 14.4 Å². The van der Waals surface area contributed by atoms with Gasteiger partial charge in [0.1, 0.15) is 18.3 Å². The number of carbonyl (C=O) groups is 2. The summed E-state index contributed by atoms with van der Waals surface area (Å²) in [6.45, 7) is 1.04. The molecule has 1 fully saturated rings. The van der Waals surface area contributed by atoms with Crippen LogP contribution in [0.1, 0.15) is 44.6 Å². The van der Waals surface area contributed by atoms with Gasteiger partial charge in [0.2, 0.25) is 11.8 Å². The minimum atomic E-state index is -4.27. The van der Waals surface area contributed by atoms with Crippen molar-refractivity contribution >= 4 is 33.2 Å². The summed E-state index contributed by atoms with van der Waals surface area (Å²) in [5, 5.41) is 14.3. The van der Waals surface area contributed by atoms with Gasteiger partial charge in [0.05, 0.1) is 22.6 Å². The average molecular weight is 609 g/mol. The Balaban J connectivity index is 1.68. The lowest BCUT2D eigenvalue weighted by Crippen LogP contribution is -2.53. The van der Waals surface area contributed by atoms with Gasteiger partial charge >= 0.3 is 0 Å². The molecule has 12 heteroatoms. The zero-order chi connectivity index (χ0) is 31.0. The number of hydrogen-bond donors (Lipinski definition) is 1. The van der Waals surface area contributed by atoms with Crippen LogP contribution >= 0.6 is 0 Å². The molecule has 3 aromatic carbocycles. The van der Waals surface area contributed by atoms with Crippen LogP contribution in [0, 0.1) is 10.1 Å². The summed E-state index contributed by atoms with van der Waals surface area (Å²) < 4.78 is 33.8. The fraction of sp³-hybridized carbons (Fsp3) is 0.355. The highest BCUT2D eigenvalue weighted by molar-refractivity contribution is 7.92. The molecule has 0 heterocycles. The molecule has 1 N–H and O–H groups in total. The maximum Gasteiger partial charge on any atom is 0.269 e. The lowest BCUT2D eigenvalue weighted by Gasteiger charge is -2.33. The van der Waals surface area contributed by atoms with Gasteiger partial charge in [-0.05, 0) is 61.7 Å². The van der Waals surface area contributed by atoms with Crippen molar-refractivity contribution in [2.24, 2.45) is 0 Å². The van der Waals surface area contributed by atoms with Crippen LogP contribution in [0.2, 0.25) is 0 Å². The molecule has 4 rings (SSSR count). The molecular weight excluding hydrogens is 572 g/mol. The Kier molecular flexibility index (Phi) is 10.4. The van der Waals surface area contributed by atoms with Crippen molar-refractivity contribution in [1.29, 1.82) is 0 Å². The number of hydrogen-bond acceptors (Lipinski definition) is 7. The number of nitrogens with one attached hydrogen (secondary N) is 1. The molecule has 3 aromatic rings. The number of amides is 2. The number of ether oxygens (including phenoxy) is 1. The third-order valence-corrected chi connectivity index (χ3v) is 9.38. The number of non-ortho nitro benzene ring substituents is 1. The maximum absolute atomic E-state index is 14.1. The predicted molar refractivity (Wildman–Crippen MR) is 162 cm³/mol. The number of carbonyl (C=O) groups excluding carboxylic acids is 2. The van der Waals surface area contributed by atoms with E-state index in [4.69, 9.17) is 4.74 Å². The van der Waals surface area contributed by atoms with Crippen molar-refractivity contribution < 1.29 is 27.7 Å². The lowest BCUT2D eigenvalue weighted by molar-refractivity contribution is -0.384. The summed E-state index contributed by atoms with van der Waals surface area (Å²) in [5.74, 6) is -0.301. The molecule has 11 nitrogen and oxygen atoms in total. The molecule has 43 heavy (non-hydrogen) atoms. The number of methoxy groups -OCH3 is 1. The monoisotopic (exact) mass is 608 g/mol. The first kappa shape index (κ1) is 31.5. The SMILES string of the molecule is COc1ccc(CN(C(=O)CN(c2ccc([N+](=O)[O-])cc2)S(=O)(=O)c2ccccc2)[C@H](C)C(=O)NC2CCCCC2)cc1. The van der Waals surface area contributed by atoms with E-state index in [1.54, 1.807) is 56.5 Å². The second-order valence-corrected chi connectivity index (χ2v) is 12.3. The fourth-order valence-electron chi connectivity index (χ4n) is 5.07. The van der Waals surface area contributed by atoms with E-state index in [0.29, 0.717) is 5.75 Å². The van der Waals surface area contributed by atoms with Crippen LogP contribution in [0.3, 0.4) is 0 Å². The topological polar surface area (TPSA) is 139 Å². The standard InChI is InChI=1S/C31H36N4O7S/c1-23(31(37)32-25-9-5-3-6-10-25)33(21-24-13-19-28(42-2)20-14-24)30(36)22-34(26-15-17-27(18-16-26)35(38)39)43(40,41)29-11-7-4-8-12-29/h4,7-8,11-20,23,25H,3,5-6,9-10,21-22H2,1-2H3,(H,32,37)/t23-/m1/s1. The van der Waals surface area contributed by atoms with Gasteiger partial charge in [-0.3, -0.25) is 24.0 Å². The highest BCUT2D eigenvalue weighted by atomic mass is 32.2. The smallest absolute Gasteiger partial charge is 0.269 e. The number of benzene rings is 3. The summed E-state index contributed by atoms with van der Waals surface area (Å²) >= 11 is 0. The molecule has 0 aliphatic heterocycles. The van der Waals surface area contributed by atoms with Gasteiger partial charge in [0.25, 0.3) is 15.7 Å². The number of nitro benzene ring substituents is 1. The average Bonchev–Trinajstić information content (AvgIpc) is 3.03. The Morgan fingerprint density at radius 1 is 0.977 bits per heavy atom. The van der Waals surface area contributed by atoms with Crippen molar-refractivity contribution in [1.82, 2.24) is 10.2 Å². The summed E-state index contributed by atoms with van der Waals surface area (Å²) in [5.41, 5.74) is 0.576. The fourth-order valence-corrected chi connectivity index (χ4v) is 6.50. The first-order valence-electron chi connectivity index (χ1n) is 14.1. The van der Waals surface area contributed by atoms with Crippen LogP contribution in [0.15, 0.2) is 83.8 Å². The molecular formula is C31H36N4O7S. The summed E-state index contributed by atoms with van der Waals surface area (Å²) in [6, 6.07) is 18.7. The number of sulfonamides is 1. The zero-order valence-electron chi connectivity index (χ0n) is 24.2. The maximum atomic E-state index is 14.1. The lowest BCUT2D eigenvalue weighted by atomic mass is 9.95. The van der Waals surface area contributed by atoms with E-state index >= 15 is 0 Å². The van der Waals surface area contributed by atoms with Crippen molar-refractivity contribution in [3.05, 3.63) is 94.5 Å². The second kappa shape index (κ2) is 14.1. The van der Waals surface area contributed by atoms with Gasteiger partial charge in [-0.2, -0.15) is 0 Å². The molecule has 1 aliphatic rings. The minimum Gasteiger partial charge on any atom is -0.497 e. The molecule has 2 amide bonds. The normalized spacial score (nSPS) is 14.4. The highest BCUT2D eigenvalue weighted by Gasteiger charge is 2.33. The molecule has 1 aliphatic carbocycles. The Morgan fingerprint density at radius 2 is 1.60 bits per heavy atom. The van der Waals surface area contributed by atoms with Gasteiger partial charge in [-0.15, -0.1) is 0 Å². The van der Waals surface area contributed by atoms with E-state index in [1.165, 1.54) is 41.3 Å². The Bertz CT molecular complexity index is 1510. The van der Waals surface area contributed by atoms with E-state index in [9.17, 15) is 28.1 Å². The largest absolute Gasteiger partial charge is 0.497 e. The van der Waals surface area contributed by atoms with Crippen LogP contribution in [0.25, 0.3) is 0 Å². The summed E-state index contributed by atoms with van der Waals surface area (Å²) in [7, 11) is -2.72. The van der Waals surface area contributed by atoms with E-state index in [1.807, 2.05) is 0 Å². The van der Waals surface area contributed by atoms with E-state index < -0.39 is 33.4 Å². The van der Waals surface area contributed by atoms with E-state index in [-0.39, 0.29) is 34.8 Å². The van der Waals surface area contributed by atoms with Crippen molar-refractivity contribution in [3.8, 4) is 5.75 Å². The Morgan fingerprint density at radius 3 is 2.19 bits per heavy atom. The van der Waals surface area contributed by atoms with Crippen LogP contribution in [0.4, 0.5) is 11.4 Å². The molecule has 0 bridgehead atoms.